The van der Waals surface area contributed by atoms with Crippen molar-refractivity contribution in [2.45, 2.75) is 12.5 Å². The van der Waals surface area contributed by atoms with Crippen molar-refractivity contribution in [3.05, 3.63) is 163 Å². The fraction of sp³-hybridized carbons (Fsp3) is 0.114. The van der Waals surface area contributed by atoms with Gasteiger partial charge >= 0.3 is 0 Å². The van der Waals surface area contributed by atoms with Gasteiger partial charge in [-0.15, -0.1) is 0 Å². The predicted molar refractivity (Wildman–Crippen MR) is 160 cm³/mol. The van der Waals surface area contributed by atoms with Crippen LogP contribution in [0.4, 0.5) is 0 Å². The summed E-state index contributed by atoms with van der Waals surface area (Å²) in [5.74, 6) is -0.671. The molecule has 2 nitrogen and oxygen atoms in total. The molecule has 0 bridgehead atoms. The van der Waals surface area contributed by atoms with E-state index in [9.17, 15) is 9.90 Å². The first kappa shape index (κ1) is 25.8. The van der Waals surface area contributed by atoms with Crippen LogP contribution in [-0.2, 0) is 5.60 Å². The summed E-state index contributed by atoms with van der Waals surface area (Å²) in [7, 11) is -2.27. The second kappa shape index (κ2) is 11.3. The zero-order valence-corrected chi connectivity index (χ0v) is 22.4. The maximum absolute atomic E-state index is 14.2. The van der Waals surface area contributed by atoms with Crippen molar-refractivity contribution in [3.8, 4) is 0 Å². The number of rotatable bonds is 9. The van der Waals surface area contributed by atoms with E-state index in [-0.39, 0.29) is 5.78 Å². The second-order valence-corrected chi connectivity index (χ2v) is 13.3. The Kier molecular flexibility index (Phi) is 7.65. The van der Waals surface area contributed by atoms with Crippen LogP contribution in [0.5, 0.6) is 0 Å². The van der Waals surface area contributed by atoms with Crippen LogP contribution in [0.25, 0.3) is 0 Å². The molecule has 5 aromatic rings. The van der Waals surface area contributed by atoms with Crippen molar-refractivity contribution >= 4 is 29.0 Å². The Morgan fingerprint density at radius 2 is 0.947 bits per heavy atom. The second-order valence-electron chi connectivity index (χ2n) is 9.73. The zero-order chi connectivity index (χ0) is 26.4. The molecule has 0 heterocycles. The third-order valence-corrected chi connectivity index (χ3v) is 12.1. The van der Waals surface area contributed by atoms with Crippen LogP contribution in [0.2, 0.25) is 0 Å². The van der Waals surface area contributed by atoms with Gasteiger partial charge in [0, 0.05) is 11.5 Å². The molecular weight excluding hydrogens is 483 g/mol. The van der Waals surface area contributed by atoms with E-state index in [2.05, 4.69) is 72.8 Å². The van der Waals surface area contributed by atoms with Crippen LogP contribution >= 0.6 is 7.26 Å². The lowest BCUT2D eigenvalue weighted by atomic mass is 9.77. The van der Waals surface area contributed by atoms with Crippen molar-refractivity contribution in [2.24, 2.45) is 5.92 Å². The number of Topliss-reactive ketones (excluding diaryl/α,β-unsaturated/α-hetero) is 1. The third kappa shape index (κ3) is 4.74. The van der Waals surface area contributed by atoms with Gasteiger partial charge in [0.05, 0.1) is 6.16 Å². The number of carbonyl (C=O) groups excluding carboxylic acids is 1. The van der Waals surface area contributed by atoms with E-state index < -0.39 is 18.8 Å². The lowest BCUT2D eigenvalue weighted by Crippen LogP contribution is -2.46. The summed E-state index contributed by atoms with van der Waals surface area (Å²) in [6, 6.07) is 50.4. The number of ketones is 1. The molecule has 188 valence electrons. The molecule has 0 amide bonds. The van der Waals surface area contributed by atoms with Gasteiger partial charge in [0.15, 0.2) is 11.4 Å². The quantitative estimate of drug-likeness (QED) is 0.183. The molecule has 0 fully saturated rings. The Morgan fingerprint density at radius 1 is 0.605 bits per heavy atom. The molecule has 2 atom stereocenters. The molecule has 0 saturated carbocycles. The average Bonchev–Trinajstić information content (AvgIpc) is 3.01. The smallest absolute Gasteiger partial charge is 0.199 e. The van der Waals surface area contributed by atoms with Gasteiger partial charge < -0.3 is 5.11 Å². The molecule has 0 aliphatic heterocycles. The third-order valence-electron chi connectivity index (χ3n) is 7.45. The number of hydrogen-bond acceptors (Lipinski definition) is 2. The summed E-state index contributed by atoms with van der Waals surface area (Å²) in [5.41, 5.74) is -0.575. The van der Waals surface area contributed by atoms with Crippen LogP contribution in [0, 0.1) is 5.92 Å². The summed E-state index contributed by atoms with van der Waals surface area (Å²) in [6.07, 6.45) is 0.620. The van der Waals surface area contributed by atoms with E-state index in [1.54, 1.807) is 12.1 Å². The summed E-state index contributed by atoms with van der Waals surface area (Å²) in [4.78, 5) is 14.2. The number of carbonyl (C=O) groups is 1. The first-order valence-corrected chi connectivity index (χ1v) is 15.0. The van der Waals surface area contributed by atoms with Gasteiger partial charge in [0.25, 0.3) is 0 Å². The zero-order valence-electron chi connectivity index (χ0n) is 21.5. The summed E-state index contributed by atoms with van der Waals surface area (Å²) < 4.78 is 0. The molecule has 0 radical (unpaired) electrons. The minimum absolute atomic E-state index is 0.274. The van der Waals surface area contributed by atoms with Crippen molar-refractivity contribution in [2.75, 3.05) is 6.16 Å². The monoisotopic (exact) mass is 515 g/mol. The lowest BCUT2D eigenvalue weighted by molar-refractivity contribution is 0.00403. The van der Waals surface area contributed by atoms with Crippen LogP contribution in [0.15, 0.2) is 152 Å². The average molecular weight is 516 g/mol. The fourth-order valence-corrected chi connectivity index (χ4v) is 10.2. The largest absolute Gasteiger partial charge is 0.376 e. The van der Waals surface area contributed by atoms with E-state index in [1.165, 1.54) is 15.9 Å². The predicted octanol–water partition coefficient (Wildman–Crippen LogP) is 6.39. The highest BCUT2D eigenvalue weighted by atomic mass is 31.2. The molecule has 2 unspecified atom stereocenters. The van der Waals surface area contributed by atoms with E-state index in [1.807, 2.05) is 73.7 Å². The number of benzene rings is 5. The van der Waals surface area contributed by atoms with Gasteiger partial charge in [-0.1, -0.05) is 122 Å². The Bertz CT molecular complexity index is 1360. The Labute approximate surface area is 226 Å². The van der Waals surface area contributed by atoms with Crippen molar-refractivity contribution in [3.63, 3.8) is 0 Å². The topological polar surface area (TPSA) is 37.3 Å². The number of hydrogen-bond donors (Lipinski definition) is 1. The molecule has 0 aliphatic rings. The molecule has 0 aliphatic carbocycles. The van der Waals surface area contributed by atoms with Gasteiger partial charge in [0.2, 0.25) is 0 Å². The van der Waals surface area contributed by atoms with E-state index >= 15 is 0 Å². The fourth-order valence-electron chi connectivity index (χ4n) is 5.49. The SMILES string of the molecule is CC(C[P+](c1ccccc1)(c1ccccc1)c1ccccc1)C(O)(C(=O)c1ccccc1)c1ccccc1. The summed E-state index contributed by atoms with van der Waals surface area (Å²) in [5, 5.41) is 16.2. The molecule has 1 N–H and O–H groups in total. The van der Waals surface area contributed by atoms with Crippen LogP contribution in [-0.4, -0.2) is 17.1 Å². The molecule has 0 spiro atoms. The van der Waals surface area contributed by atoms with Crippen LogP contribution in [0.3, 0.4) is 0 Å². The lowest BCUT2D eigenvalue weighted by Gasteiger charge is -2.37. The van der Waals surface area contributed by atoms with Gasteiger partial charge in [0.1, 0.15) is 23.2 Å². The normalized spacial score (nSPS) is 13.8. The molecule has 38 heavy (non-hydrogen) atoms. The van der Waals surface area contributed by atoms with Crippen molar-refractivity contribution < 1.29 is 9.90 Å². The Morgan fingerprint density at radius 3 is 1.34 bits per heavy atom. The number of aliphatic hydroxyl groups is 1. The van der Waals surface area contributed by atoms with Crippen molar-refractivity contribution in [1.29, 1.82) is 0 Å². The summed E-state index contributed by atoms with van der Waals surface area (Å²) >= 11 is 0. The maximum atomic E-state index is 14.2. The maximum Gasteiger partial charge on any atom is 0.199 e. The van der Waals surface area contributed by atoms with E-state index in [4.69, 9.17) is 0 Å². The molecule has 5 aromatic carbocycles. The van der Waals surface area contributed by atoms with Gasteiger partial charge in [-0.3, -0.25) is 4.79 Å². The Balaban J connectivity index is 1.73. The molecule has 0 aromatic heterocycles. The minimum atomic E-state index is -2.27. The Hall–Kier alpha value is -3.84. The molecule has 5 rings (SSSR count). The molecular formula is C35H32O2P+. The van der Waals surface area contributed by atoms with Crippen LogP contribution < -0.4 is 15.9 Å². The highest BCUT2D eigenvalue weighted by Crippen LogP contribution is 2.58. The van der Waals surface area contributed by atoms with Gasteiger partial charge in [-0.25, -0.2) is 0 Å². The van der Waals surface area contributed by atoms with E-state index in [0.717, 1.165) is 0 Å². The van der Waals surface area contributed by atoms with E-state index in [0.29, 0.717) is 17.3 Å². The summed E-state index contributed by atoms with van der Waals surface area (Å²) in [6.45, 7) is 2.03. The highest BCUT2D eigenvalue weighted by Gasteiger charge is 2.53. The van der Waals surface area contributed by atoms with Gasteiger partial charge in [-0.2, -0.15) is 0 Å². The molecule has 0 saturated heterocycles. The first-order chi connectivity index (χ1) is 18.6. The standard InChI is InChI=1S/C35H32O2P/c1-28(35(37,30-19-9-3-10-20-30)34(36)29-17-7-2-8-18-29)27-38(31-21-11-4-12-22-31,32-23-13-5-14-24-32)33-25-15-6-16-26-33/h2-26,28,37H,27H2,1H3/q+1. The first-order valence-electron chi connectivity index (χ1n) is 13.0. The minimum Gasteiger partial charge on any atom is -0.376 e. The van der Waals surface area contributed by atoms with Gasteiger partial charge in [-0.05, 0) is 42.0 Å². The van der Waals surface area contributed by atoms with Crippen molar-refractivity contribution in [1.82, 2.24) is 0 Å². The molecule has 3 heteroatoms. The highest BCUT2D eigenvalue weighted by molar-refractivity contribution is 7.95. The van der Waals surface area contributed by atoms with Crippen LogP contribution in [0.1, 0.15) is 22.8 Å².